The van der Waals surface area contributed by atoms with Gasteiger partial charge in [-0.25, -0.2) is 0 Å². The van der Waals surface area contributed by atoms with E-state index in [-0.39, 0.29) is 67.8 Å². The average Bonchev–Trinajstić information content (AvgIpc) is 3.92. The summed E-state index contributed by atoms with van der Waals surface area (Å²) in [5.41, 5.74) is -1.02. The van der Waals surface area contributed by atoms with Gasteiger partial charge in [0.25, 0.3) is 11.7 Å². The molecule has 20 heteroatoms. The topological polar surface area (TPSA) is 222 Å². The molecule has 2 fully saturated rings. The second kappa shape index (κ2) is 23.8. The van der Waals surface area contributed by atoms with E-state index in [4.69, 9.17) is 33.7 Å². The van der Waals surface area contributed by atoms with E-state index < -0.39 is 100 Å². The number of amides is 1. The molecule has 0 unspecified atom stereocenters. The predicted molar refractivity (Wildman–Crippen MR) is 293 cm³/mol. The Morgan fingerprint density at radius 2 is 1.56 bits per heavy atom. The quantitative estimate of drug-likeness (QED) is 0.102. The number of Topliss-reactive ketones (excluding diaryl/α,β-unsaturated/α-hetero) is 1. The molecule has 0 aromatic heterocycles. The first-order valence-corrected chi connectivity index (χ1v) is 27.8. The number of piperidine rings is 2. The summed E-state index contributed by atoms with van der Waals surface area (Å²) in [4.78, 5) is 57.8. The number of esters is 1. The number of phenols is 2. The maximum Gasteiger partial charge on any atom is 0.416 e. The number of phenolic OH excluding ortho intramolecular Hbond substituents is 2. The number of ketones is 1. The van der Waals surface area contributed by atoms with Crippen LogP contribution in [0.15, 0.2) is 64.3 Å². The number of aromatic hydroxyl groups is 2. The highest BCUT2D eigenvalue weighted by molar-refractivity contribution is 6.19. The highest BCUT2D eigenvalue weighted by Crippen LogP contribution is 2.50. The fourth-order valence-corrected chi connectivity index (χ4v) is 12.1. The zero-order valence-corrected chi connectivity index (χ0v) is 47.6. The number of aliphatic hydroxyl groups is 2. The van der Waals surface area contributed by atoms with Crippen LogP contribution in [0.4, 0.5) is 18.9 Å². The molecule has 6 aliphatic rings. The van der Waals surface area contributed by atoms with Crippen molar-refractivity contribution in [1.29, 1.82) is 0 Å². The van der Waals surface area contributed by atoms with Gasteiger partial charge in [0.1, 0.15) is 34.4 Å². The molecule has 0 aliphatic carbocycles. The lowest BCUT2D eigenvalue weighted by Gasteiger charge is -2.38. The van der Waals surface area contributed by atoms with Crippen molar-refractivity contribution in [3.05, 3.63) is 87.3 Å². The Labute approximate surface area is 465 Å². The van der Waals surface area contributed by atoms with Crippen LogP contribution in [-0.4, -0.2) is 137 Å². The number of ether oxygens (including phenoxy) is 5. The number of fused-ring (bicyclic) bond motifs is 13. The fourth-order valence-electron chi connectivity index (χ4n) is 12.1. The fraction of sp³-hybridized carbons (Fsp3) is 0.583. The van der Waals surface area contributed by atoms with Gasteiger partial charge in [-0.15, -0.1) is 0 Å². The molecular formula is C60H78F3N5O12. The molecule has 17 nitrogen and oxygen atoms in total. The minimum absolute atomic E-state index is 0.00275. The van der Waals surface area contributed by atoms with E-state index in [9.17, 15) is 43.2 Å². The van der Waals surface area contributed by atoms with Crippen LogP contribution < -0.4 is 25.5 Å². The van der Waals surface area contributed by atoms with Gasteiger partial charge < -0.3 is 54.3 Å². The first-order chi connectivity index (χ1) is 37.7. The Bertz CT molecular complexity index is 3070. The average molecular weight is 1120 g/mol. The van der Waals surface area contributed by atoms with Gasteiger partial charge in [-0.3, -0.25) is 29.3 Å². The molecule has 9 rings (SSSR count). The number of methoxy groups -OCH3 is 2. The molecule has 3 aromatic rings. The summed E-state index contributed by atoms with van der Waals surface area (Å²) in [6, 6.07) is 3.74. The van der Waals surface area contributed by atoms with E-state index in [2.05, 4.69) is 24.1 Å². The number of hydrogen-bond donors (Lipinski definition) is 5. The number of nitrogens with zero attached hydrogens (tertiary/aromatic N) is 4. The Morgan fingerprint density at radius 3 is 2.20 bits per heavy atom. The molecular weight excluding hydrogens is 1040 g/mol. The molecule has 3 aromatic carbocycles. The minimum Gasteiger partial charge on any atom is -0.507 e. The van der Waals surface area contributed by atoms with E-state index >= 15 is 4.79 Å². The summed E-state index contributed by atoms with van der Waals surface area (Å²) >= 11 is 0. The van der Waals surface area contributed by atoms with Crippen LogP contribution in [0.25, 0.3) is 10.8 Å². The number of carbonyl (C=O) groups excluding carboxylic acids is 3. The molecule has 1 amide bonds. The molecule has 436 valence electrons. The van der Waals surface area contributed by atoms with Crippen LogP contribution in [0, 0.1) is 42.4 Å². The number of anilines is 1. The van der Waals surface area contributed by atoms with Crippen molar-refractivity contribution < 1.29 is 71.7 Å². The number of halogens is 3. The lowest BCUT2D eigenvalue weighted by atomic mass is 9.78. The number of alkyl halides is 3. The smallest absolute Gasteiger partial charge is 0.416 e. The first kappa shape index (κ1) is 60.0. The molecule has 0 saturated carbocycles. The van der Waals surface area contributed by atoms with E-state index in [1.807, 2.05) is 4.90 Å². The number of likely N-dealkylation sites (tertiary alicyclic amines) is 2. The molecule has 2 saturated heterocycles. The largest absolute Gasteiger partial charge is 0.507 e. The van der Waals surface area contributed by atoms with Gasteiger partial charge in [0.05, 0.1) is 60.1 Å². The third-order valence-electron chi connectivity index (χ3n) is 17.0. The van der Waals surface area contributed by atoms with Crippen LogP contribution >= 0.6 is 0 Å². The Hall–Kier alpha value is -6.06. The van der Waals surface area contributed by atoms with Crippen LogP contribution in [-0.2, 0) is 36.4 Å². The van der Waals surface area contributed by atoms with Crippen molar-refractivity contribution >= 4 is 34.1 Å². The summed E-state index contributed by atoms with van der Waals surface area (Å²) in [5, 5.41) is 51.2. The van der Waals surface area contributed by atoms with Crippen LogP contribution in [0.1, 0.15) is 108 Å². The van der Waals surface area contributed by atoms with Gasteiger partial charge in [-0.2, -0.15) is 13.2 Å². The number of rotatable bonds is 9. The van der Waals surface area contributed by atoms with Crippen molar-refractivity contribution in [3.63, 3.8) is 0 Å². The van der Waals surface area contributed by atoms with Gasteiger partial charge in [-0.05, 0) is 87.9 Å². The maximum atomic E-state index is 15.0. The molecule has 6 aliphatic heterocycles. The maximum absolute atomic E-state index is 15.0. The molecule has 5 N–H and O–H groups in total. The highest BCUT2D eigenvalue weighted by Gasteiger charge is 2.50. The van der Waals surface area contributed by atoms with Crippen molar-refractivity contribution in [3.8, 4) is 23.0 Å². The second-order valence-corrected chi connectivity index (χ2v) is 23.3. The van der Waals surface area contributed by atoms with Crippen molar-refractivity contribution in [1.82, 2.24) is 9.80 Å². The molecule has 9 atom stereocenters. The summed E-state index contributed by atoms with van der Waals surface area (Å²) in [6.07, 6.45) is 1.50. The van der Waals surface area contributed by atoms with E-state index in [0.29, 0.717) is 69.8 Å². The molecule has 6 heterocycles. The lowest BCUT2D eigenvalue weighted by Crippen LogP contribution is -2.48. The minimum atomic E-state index is -4.53. The number of hydrogen-bond acceptors (Lipinski definition) is 16. The second-order valence-electron chi connectivity index (χ2n) is 23.3. The predicted octanol–water partition coefficient (Wildman–Crippen LogP) is 7.71. The standard InChI is InChI=1S/C60H78F3N5O12/c1-31(2)29-68-22-18-59(19-23-68)65-47-44-45-52(72)37(8)55-46(44)56(74)58(9,80-55)78-24-17-42(77-11)34(5)54(79-43(69)30-67-20-15-38(16-21-67)25-39-26-40(60(61,62)63)28-41(27-39)76-10)36(7)51(71)35(6)50(70)32(3)13-12-14-33(4)57(75)64-49(53(45)73)48(47)66-59/h12-14,17,24,26-28,31-32,34-36,38,42,50-51,54,70-73H,15-16,18-23,25,29-30H2,1-11H3,(H,64,75)/b13-12+,24-17+,33-14-/t32-,34+,35+,36+,42-,50-,51+,54+,58-/m0/s1. The highest BCUT2D eigenvalue weighted by atomic mass is 19.4. The van der Waals surface area contributed by atoms with Crippen molar-refractivity contribution in [2.24, 2.45) is 45.5 Å². The van der Waals surface area contributed by atoms with Crippen LogP contribution in [0.5, 0.6) is 23.0 Å². The zero-order valence-electron chi connectivity index (χ0n) is 47.6. The summed E-state index contributed by atoms with van der Waals surface area (Å²) in [5.74, 6) is -7.02. The molecule has 1 spiro atoms. The van der Waals surface area contributed by atoms with Crippen LogP contribution in [0.3, 0.4) is 0 Å². The number of allylic oxidation sites excluding steroid dienone is 2. The molecule has 80 heavy (non-hydrogen) atoms. The van der Waals surface area contributed by atoms with Gasteiger partial charge in [-0.1, -0.05) is 59.8 Å². The Balaban J connectivity index is 1.11. The van der Waals surface area contributed by atoms with Gasteiger partial charge >= 0.3 is 17.9 Å². The van der Waals surface area contributed by atoms with E-state index in [1.165, 1.54) is 40.4 Å². The van der Waals surface area contributed by atoms with E-state index in [0.717, 1.165) is 18.7 Å². The summed E-state index contributed by atoms with van der Waals surface area (Å²) in [6.45, 7) is 18.9. The first-order valence-electron chi connectivity index (χ1n) is 27.8. The molecule has 0 radical (unpaired) electrons. The number of nitrogens with one attached hydrogen (secondary N) is 1. The van der Waals surface area contributed by atoms with Gasteiger partial charge in [0, 0.05) is 86.7 Å². The monoisotopic (exact) mass is 1120 g/mol. The summed E-state index contributed by atoms with van der Waals surface area (Å²) < 4.78 is 71.1. The van der Waals surface area contributed by atoms with Gasteiger partial charge in [0.2, 0.25) is 0 Å². The van der Waals surface area contributed by atoms with E-state index in [1.54, 1.807) is 58.9 Å². The van der Waals surface area contributed by atoms with Gasteiger partial charge in [0.15, 0.2) is 11.4 Å². The Morgan fingerprint density at radius 1 is 0.887 bits per heavy atom. The Kier molecular flexibility index (Phi) is 17.9. The third-order valence-corrected chi connectivity index (χ3v) is 17.0. The third kappa shape index (κ3) is 12.2. The SMILES string of the molecule is COc1cc(CC2CCN(CC(=O)O[C@H]3[C@H](C)[C@H](O)[C@H](C)[C@@H](O)[C@@H](C)/C=C/C=C(/C)C(=O)Nc4c(O)c5c(O)c(C)c6c(c5c5c4=NC4(CCN(CC(C)C)CC4)N=5)C(=O)[C@@](C)(O/C=C/[C@H](OC)[C@H]3C)O6)CC2)cc(C(F)(F)F)c1. The number of carbonyl (C=O) groups is 3. The normalized spacial score (nSPS) is 29.5. The van der Waals surface area contributed by atoms with Crippen molar-refractivity contribution in [2.75, 3.05) is 58.8 Å². The summed E-state index contributed by atoms with van der Waals surface area (Å²) in [7, 11) is 2.78. The lowest BCUT2D eigenvalue weighted by molar-refractivity contribution is -0.164. The van der Waals surface area contributed by atoms with Crippen LogP contribution in [0.2, 0.25) is 0 Å². The number of aliphatic hydroxyl groups excluding tert-OH is 2. The molecule has 5 bridgehead atoms. The number of benzene rings is 3. The zero-order chi connectivity index (χ0) is 58.3. The van der Waals surface area contributed by atoms with Crippen molar-refractivity contribution in [2.45, 2.75) is 136 Å².